The number of amides is 1. The van der Waals surface area contributed by atoms with E-state index in [1.54, 1.807) is 0 Å². The van der Waals surface area contributed by atoms with Gasteiger partial charge in [-0.1, -0.05) is 0 Å². The lowest BCUT2D eigenvalue weighted by molar-refractivity contribution is -0.134. The molecule has 13 heavy (non-hydrogen) atoms. The van der Waals surface area contributed by atoms with E-state index in [1.807, 2.05) is 16.7 Å². The molecule has 1 amide bonds. The van der Waals surface area contributed by atoms with Crippen LogP contribution in [-0.2, 0) is 4.79 Å². The number of hydrogen-bond donors (Lipinski definition) is 1. The third kappa shape index (κ3) is 2.17. The zero-order valence-corrected chi connectivity index (χ0v) is 8.61. The summed E-state index contributed by atoms with van der Waals surface area (Å²) in [6.45, 7) is 2.92. The minimum Gasteiger partial charge on any atom is -0.340 e. The van der Waals surface area contributed by atoms with Crippen LogP contribution in [0.15, 0.2) is 0 Å². The smallest absolute Gasteiger partial charge is 0.239 e. The molecule has 2 rings (SSSR count). The molecule has 0 bridgehead atoms. The number of carbonyl (C=O) groups is 1. The van der Waals surface area contributed by atoms with Gasteiger partial charge in [-0.3, -0.25) is 4.79 Å². The van der Waals surface area contributed by atoms with E-state index in [-0.39, 0.29) is 6.04 Å². The molecular weight excluding hydrogens is 184 g/mol. The highest BCUT2D eigenvalue weighted by atomic mass is 32.2. The molecule has 74 valence electrons. The van der Waals surface area contributed by atoms with Crippen LogP contribution in [0.1, 0.15) is 12.8 Å². The van der Waals surface area contributed by atoms with Gasteiger partial charge in [-0.05, 0) is 25.1 Å². The van der Waals surface area contributed by atoms with E-state index >= 15 is 0 Å². The Morgan fingerprint density at radius 2 is 2.23 bits per heavy atom. The molecule has 1 N–H and O–H groups in total. The van der Waals surface area contributed by atoms with Crippen LogP contribution in [0, 0.1) is 0 Å². The van der Waals surface area contributed by atoms with Gasteiger partial charge in [-0.25, -0.2) is 0 Å². The molecule has 2 aliphatic rings. The normalized spacial score (nSPS) is 29.2. The highest BCUT2D eigenvalue weighted by Crippen LogP contribution is 2.13. The van der Waals surface area contributed by atoms with Gasteiger partial charge in [0.05, 0.1) is 6.04 Å². The lowest BCUT2D eigenvalue weighted by atomic mass is 10.1. The second-order valence-corrected chi connectivity index (χ2v) is 4.81. The van der Waals surface area contributed by atoms with Crippen molar-refractivity contribution in [1.29, 1.82) is 0 Å². The zero-order chi connectivity index (χ0) is 9.10. The molecule has 0 saturated carbocycles. The Balaban J connectivity index is 1.85. The molecule has 0 aliphatic carbocycles. The maximum Gasteiger partial charge on any atom is 0.239 e. The fourth-order valence-corrected chi connectivity index (χ4v) is 2.57. The highest BCUT2D eigenvalue weighted by Gasteiger charge is 2.28. The molecule has 0 aromatic heterocycles. The van der Waals surface area contributed by atoms with Gasteiger partial charge in [0.25, 0.3) is 0 Å². The van der Waals surface area contributed by atoms with Gasteiger partial charge >= 0.3 is 0 Å². The molecule has 2 saturated heterocycles. The van der Waals surface area contributed by atoms with E-state index in [9.17, 15) is 4.79 Å². The lowest BCUT2D eigenvalue weighted by Gasteiger charge is -2.31. The van der Waals surface area contributed by atoms with Crippen molar-refractivity contribution in [2.45, 2.75) is 18.9 Å². The number of nitrogens with zero attached hydrogens (tertiary/aromatic N) is 1. The number of rotatable bonds is 1. The van der Waals surface area contributed by atoms with Crippen molar-refractivity contribution < 1.29 is 4.79 Å². The first-order chi connectivity index (χ1) is 6.38. The summed E-state index contributed by atoms with van der Waals surface area (Å²) < 4.78 is 0. The van der Waals surface area contributed by atoms with Gasteiger partial charge in [0, 0.05) is 18.8 Å². The standard InChI is InChI=1S/C9H16N2OS/c12-9(8-2-3-10-8)11-4-1-6-13-7-5-11/h8,10H,1-7H2/t8-/m1/s1. The summed E-state index contributed by atoms with van der Waals surface area (Å²) in [5.41, 5.74) is 0. The molecule has 0 aromatic rings. The summed E-state index contributed by atoms with van der Waals surface area (Å²) in [6, 6.07) is 0.142. The summed E-state index contributed by atoms with van der Waals surface area (Å²) in [5, 5.41) is 3.16. The highest BCUT2D eigenvalue weighted by molar-refractivity contribution is 7.99. The predicted molar refractivity (Wildman–Crippen MR) is 54.9 cm³/mol. The molecule has 1 atom stereocenters. The second-order valence-electron chi connectivity index (χ2n) is 3.59. The zero-order valence-electron chi connectivity index (χ0n) is 7.79. The number of carbonyl (C=O) groups excluding carboxylic acids is 1. The first kappa shape index (κ1) is 9.34. The SMILES string of the molecule is O=C([C@H]1CCN1)N1CCCSCC1. The largest absolute Gasteiger partial charge is 0.340 e. The van der Waals surface area contributed by atoms with Gasteiger partial charge in [-0.15, -0.1) is 0 Å². The Bertz CT molecular complexity index is 186. The average Bonchev–Trinajstić information content (AvgIpc) is 2.27. The molecule has 2 fully saturated rings. The van der Waals surface area contributed by atoms with E-state index in [4.69, 9.17) is 0 Å². The van der Waals surface area contributed by atoms with Gasteiger partial charge in [-0.2, -0.15) is 11.8 Å². The van der Waals surface area contributed by atoms with E-state index in [0.717, 1.165) is 38.2 Å². The Labute approximate surface area is 83.2 Å². The van der Waals surface area contributed by atoms with Gasteiger partial charge in [0.2, 0.25) is 5.91 Å². The van der Waals surface area contributed by atoms with Crippen LogP contribution in [0.2, 0.25) is 0 Å². The minimum atomic E-state index is 0.142. The van der Waals surface area contributed by atoms with Crippen molar-refractivity contribution in [3.8, 4) is 0 Å². The monoisotopic (exact) mass is 200 g/mol. The van der Waals surface area contributed by atoms with Crippen LogP contribution in [0.4, 0.5) is 0 Å². The summed E-state index contributed by atoms with van der Waals surface area (Å²) >= 11 is 1.96. The molecule has 0 spiro atoms. The average molecular weight is 200 g/mol. The topological polar surface area (TPSA) is 32.3 Å². The van der Waals surface area contributed by atoms with Gasteiger partial charge < -0.3 is 10.2 Å². The van der Waals surface area contributed by atoms with Crippen LogP contribution < -0.4 is 5.32 Å². The Morgan fingerprint density at radius 1 is 1.38 bits per heavy atom. The lowest BCUT2D eigenvalue weighted by Crippen LogP contribution is -2.54. The maximum absolute atomic E-state index is 11.8. The van der Waals surface area contributed by atoms with Crippen molar-refractivity contribution in [3.05, 3.63) is 0 Å². The first-order valence-electron chi connectivity index (χ1n) is 4.98. The van der Waals surface area contributed by atoms with E-state index in [2.05, 4.69) is 5.32 Å². The molecule has 3 nitrogen and oxygen atoms in total. The second kappa shape index (κ2) is 4.33. The number of hydrogen-bond acceptors (Lipinski definition) is 3. The van der Waals surface area contributed by atoms with E-state index < -0.39 is 0 Å². The molecule has 2 heterocycles. The Kier molecular flexibility index (Phi) is 3.11. The van der Waals surface area contributed by atoms with Gasteiger partial charge in [0.15, 0.2) is 0 Å². The number of nitrogens with one attached hydrogen (secondary N) is 1. The Morgan fingerprint density at radius 3 is 2.92 bits per heavy atom. The molecule has 4 heteroatoms. The molecule has 0 aromatic carbocycles. The third-order valence-electron chi connectivity index (χ3n) is 2.66. The molecule has 2 aliphatic heterocycles. The predicted octanol–water partition coefficient (Wildman–Crippen LogP) is 0.314. The summed E-state index contributed by atoms with van der Waals surface area (Å²) in [4.78, 5) is 13.8. The molecular formula is C9H16N2OS. The fraction of sp³-hybridized carbons (Fsp3) is 0.889. The van der Waals surface area contributed by atoms with Crippen molar-refractivity contribution in [2.75, 3.05) is 31.1 Å². The number of thioether (sulfide) groups is 1. The van der Waals surface area contributed by atoms with Crippen molar-refractivity contribution in [2.24, 2.45) is 0 Å². The summed E-state index contributed by atoms with van der Waals surface area (Å²) in [6.07, 6.45) is 2.19. The van der Waals surface area contributed by atoms with Crippen LogP contribution in [0.25, 0.3) is 0 Å². The summed E-state index contributed by atoms with van der Waals surface area (Å²) in [7, 11) is 0. The first-order valence-corrected chi connectivity index (χ1v) is 6.13. The van der Waals surface area contributed by atoms with Crippen LogP contribution in [0.3, 0.4) is 0 Å². The minimum absolute atomic E-state index is 0.142. The van der Waals surface area contributed by atoms with Gasteiger partial charge in [0.1, 0.15) is 0 Å². The molecule has 0 radical (unpaired) electrons. The molecule has 0 unspecified atom stereocenters. The van der Waals surface area contributed by atoms with Crippen LogP contribution >= 0.6 is 11.8 Å². The van der Waals surface area contributed by atoms with Crippen LogP contribution in [0.5, 0.6) is 0 Å². The third-order valence-corrected chi connectivity index (χ3v) is 3.70. The summed E-state index contributed by atoms with van der Waals surface area (Å²) in [5.74, 6) is 2.65. The van der Waals surface area contributed by atoms with E-state index in [0.29, 0.717) is 5.91 Å². The quantitative estimate of drug-likeness (QED) is 0.661. The van der Waals surface area contributed by atoms with Crippen molar-refractivity contribution >= 4 is 17.7 Å². The fourth-order valence-electron chi connectivity index (χ4n) is 1.69. The van der Waals surface area contributed by atoms with E-state index in [1.165, 1.54) is 5.75 Å². The van der Waals surface area contributed by atoms with Crippen LogP contribution in [-0.4, -0.2) is 48.0 Å². The van der Waals surface area contributed by atoms with Crippen molar-refractivity contribution in [3.63, 3.8) is 0 Å². The maximum atomic E-state index is 11.8. The Hall–Kier alpha value is -0.220. The van der Waals surface area contributed by atoms with Crippen molar-refractivity contribution in [1.82, 2.24) is 10.2 Å².